The highest BCUT2D eigenvalue weighted by Gasteiger charge is 2.17. The number of carbonyl (C=O) groups is 1. The lowest BCUT2D eigenvalue weighted by Gasteiger charge is -2.13. The fourth-order valence-corrected chi connectivity index (χ4v) is 3.07. The number of phenolic OH excluding ortho intramolecular Hbond substituents is 1. The summed E-state index contributed by atoms with van der Waals surface area (Å²) in [6.07, 6.45) is 1.32. The minimum Gasteiger partial charge on any atom is -0.506 e. The fraction of sp³-hybridized carbons (Fsp3) is 0. The Morgan fingerprint density at radius 3 is 2.29 bits per heavy atom. The summed E-state index contributed by atoms with van der Waals surface area (Å²) in [7, 11) is 0. The molecule has 2 N–H and O–H groups in total. The Kier molecular flexibility index (Phi) is 4.37. The lowest BCUT2D eigenvalue weighted by Crippen LogP contribution is -2.23. The molecule has 0 atom stereocenters. The van der Waals surface area contributed by atoms with Crippen LogP contribution in [0.1, 0.15) is 10.4 Å². The second-order valence-electron chi connectivity index (χ2n) is 6.19. The van der Waals surface area contributed by atoms with Crippen LogP contribution in [0.15, 0.2) is 83.8 Å². The zero-order valence-electron chi connectivity index (χ0n) is 14.6. The van der Waals surface area contributed by atoms with Crippen LogP contribution in [0.2, 0.25) is 0 Å². The lowest BCUT2D eigenvalue weighted by molar-refractivity contribution is 0.102. The van der Waals surface area contributed by atoms with Gasteiger partial charge in [0.2, 0.25) is 0 Å². The highest BCUT2D eigenvalue weighted by molar-refractivity contribution is 6.13. The number of nitrogens with zero attached hydrogens (tertiary/aromatic N) is 1. The van der Waals surface area contributed by atoms with Gasteiger partial charge in [0.15, 0.2) is 0 Å². The minimum atomic E-state index is -0.577. The van der Waals surface area contributed by atoms with E-state index in [2.05, 4.69) is 5.32 Å². The second kappa shape index (κ2) is 7.00. The lowest BCUT2D eigenvalue weighted by atomic mass is 10.1. The Balaban J connectivity index is 1.92. The number of aromatic hydroxyl groups is 1. The van der Waals surface area contributed by atoms with Crippen molar-refractivity contribution in [1.29, 1.82) is 0 Å². The van der Waals surface area contributed by atoms with Gasteiger partial charge in [-0.3, -0.25) is 14.2 Å². The van der Waals surface area contributed by atoms with Crippen molar-refractivity contribution in [3.63, 3.8) is 0 Å². The van der Waals surface area contributed by atoms with E-state index >= 15 is 0 Å². The van der Waals surface area contributed by atoms with Gasteiger partial charge in [-0.2, -0.15) is 0 Å². The van der Waals surface area contributed by atoms with Gasteiger partial charge in [-0.15, -0.1) is 0 Å². The number of nitrogens with one attached hydrogen (secondary N) is 1. The van der Waals surface area contributed by atoms with Crippen molar-refractivity contribution >= 4 is 22.4 Å². The van der Waals surface area contributed by atoms with Crippen molar-refractivity contribution in [3.8, 4) is 11.4 Å². The van der Waals surface area contributed by atoms with Crippen LogP contribution in [0.3, 0.4) is 0 Å². The van der Waals surface area contributed by atoms with E-state index in [4.69, 9.17) is 0 Å². The molecule has 0 radical (unpaired) electrons. The number of carbonyl (C=O) groups excluding carboxylic acids is 1. The van der Waals surface area contributed by atoms with Crippen molar-refractivity contribution in [3.05, 3.63) is 101 Å². The monoisotopic (exact) mass is 374 g/mol. The normalized spacial score (nSPS) is 10.8. The maximum atomic E-state index is 14.3. The molecule has 1 amide bonds. The predicted molar refractivity (Wildman–Crippen MR) is 106 cm³/mol. The van der Waals surface area contributed by atoms with Crippen molar-refractivity contribution in [2.24, 2.45) is 0 Å². The van der Waals surface area contributed by atoms with Gasteiger partial charge < -0.3 is 10.4 Å². The number of rotatable bonds is 3. The summed E-state index contributed by atoms with van der Waals surface area (Å²) in [5, 5.41) is 13.3. The van der Waals surface area contributed by atoms with Crippen molar-refractivity contribution < 1.29 is 14.3 Å². The van der Waals surface area contributed by atoms with E-state index < -0.39 is 17.3 Å². The van der Waals surface area contributed by atoms with E-state index in [9.17, 15) is 19.1 Å². The van der Waals surface area contributed by atoms with E-state index in [0.717, 1.165) is 4.57 Å². The van der Waals surface area contributed by atoms with Crippen LogP contribution >= 0.6 is 0 Å². The topological polar surface area (TPSA) is 71.3 Å². The van der Waals surface area contributed by atoms with Gasteiger partial charge in [-0.25, -0.2) is 4.39 Å². The van der Waals surface area contributed by atoms with Crippen LogP contribution in [0, 0.1) is 5.82 Å². The third-order valence-electron chi connectivity index (χ3n) is 4.43. The van der Waals surface area contributed by atoms with Crippen LogP contribution in [-0.2, 0) is 0 Å². The fourth-order valence-electron chi connectivity index (χ4n) is 3.07. The first-order valence-corrected chi connectivity index (χ1v) is 8.55. The quantitative estimate of drug-likeness (QED) is 0.531. The summed E-state index contributed by atoms with van der Waals surface area (Å²) in [6, 6.07) is 18.8. The number of pyridine rings is 1. The molecule has 0 aliphatic heterocycles. The number of halogens is 1. The molecule has 138 valence electrons. The number of amides is 1. The first-order chi connectivity index (χ1) is 13.6. The molecule has 0 aliphatic carbocycles. The molecule has 5 nitrogen and oxygen atoms in total. The molecule has 4 aromatic rings. The third kappa shape index (κ3) is 3.01. The summed E-state index contributed by atoms with van der Waals surface area (Å²) in [4.78, 5) is 25.8. The van der Waals surface area contributed by atoms with E-state index in [0.29, 0.717) is 5.39 Å². The molecule has 0 aliphatic rings. The zero-order chi connectivity index (χ0) is 19.7. The number of anilines is 1. The standard InChI is InChI=1S/C22H15FN2O3/c23-17-9-3-5-11-19(17)25-13-16(14-7-1-2-8-15(14)22(25)28)21(27)24-18-10-4-6-12-20(18)26/h1-13,26H,(H,24,27). The molecular formula is C22H15FN2O3. The molecule has 1 aromatic heterocycles. The number of aromatic nitrogens is 1. The number of hydrogen-bond acceptors (Lipinski definition) is 3. The highest BCUT2D eigenvalue weighted by Crippen LogP contribution is 2.24. The maximum absolute atomic E-state index is 14.3. The Morgan fingerprint density at radius 1 is 0.893 bits per heavy atom. The van der Waals surface area contributed by atoms with Crippen LogP contribution < -0.4 is 10.9 Å². The van der Waals surface area contributed by atoms with E-state index in [1.807, 2.05) is 0 Å². The summed E-state index contributed by atoms with van der Waals surface area (Å²) in [6.45, 7) is 0. The molecule has 1 heterocycles. The van der Waals surface area contributed by atoms with E-state index in [-0.39, 0.29) is 28.1 Å². The summed E-state index contributed by atoms with van der Waals surface area (Å²) in [5.74, 6) is -1.18. The first-order valence-electron chi connectivity index (χ1n) is 8.55. The molecule has 0 unspecified atom stereocenters. The van der Waals surface area contributed by atoms with Crippen LogP contribution in [0.5, 0.6) is 5.75 Å². The SMILES string of the molecule is O=C(Nc1ccccc1O)c1cn(-c2ccccc2F)c(=O)c2ccccc12. The molecule has 0 saturated carbocycles. The smallest absolute Gasteiger partial charge is 0.263 e. The van der Waals surface area contributed by atoms with E-state index in [1.54, 1.807) is 48.5 Å². The highest BCUT2D eigenvalue weighted by atomic mass is 19.1. The second-order valence-corrected chi connectivity index (χ2v) is 6.19. The molecule has 0 saturated heterocycles. The van der Waals surface area contributed by atoms with Gasteiger partial charge in [-0.1, -0.05) is 42.5 Å². The van der Waals surface area contributed by atoms with Gasteiger partial charge in [0.25, 0.3) is 11.5 Å². The minimum absolute atomic E-state index is 0.0508. The molecule has 0 bridgehead atoms. The zero-order valence-corrected chi connectivity index (χ0v) is 14.6. The average Bonchev–Trinajstić information content (AvgIpc) is 2.71. The van der Waals surface area contributed by atoms with Gasteiger partial charge in [0.05, 0.1) is 16.9 Å². The molecule has 6 heteroatoms. The Hall–Kier alpha value is -3.93. The molecule has 0 fully saturated rings. The maximum Gasteiger partial charge on any atom is 0.263 e. The van der Waals surface area contributed by atoms with Crippen LogP contribution in [0.25, 0.3) is 16.5 Å². The predicted octanol–water partition coefficient (Wildman–Crippen LogP) is 4.09. The Labute approximate surface area is 159 Å². The van der Waals surface area contributed by atoms with E-state index in [1.165, 1.54) is 30.5 Å². The largest absolute Gasteiger partial charge is 0.506 e. The molecule has 0 spiro atoms. The summed E-state index contributed by atoms with van der Waals surface area (Å²) in [5.41, 5.74) is 0.0385. The van der Waals surface area contributed by atoms with Crippen molar-refractivity contribution in [2.75, 3.05) is 5.32 Å². The number of benzene rings is 3. The summed E-state index contributed by atoms with van der Waals surface area (Å²) >= 11 is 0. The van der Waals surface area contributed by atoms with Gasteiger partial charge in [-0.05, 0) is 30.3 Å². The third-order valence-corrected chi connectivity index (χ3v) is 4.43. The Morgan fingerprint density at radius 2 is 1.54 bits per heavy atom. The number of phenols is 1. The van der Waals surface area contributed by atoms with Gasteiger partial charge in [0, 0.05) is 17.0 Å². The molecule has 3 aromatic carbocycles. The molecular weight excluding hydrogens is 359 g/mol. The summed E-state index contributed by atoms with van der Waals surface area (Å²) < 4.78 is 15.4. The van der Waals surface area contributed by atoms with Crippen LogP contribution in [0.4, 0.5) is 10.1 Å². The van der Waals surface area contributed by atoms with Crippen molar-refractivity contribution in [2.45, 2.75) is 0 Å². The van der Waals surface area contributed by atoms with Gasteiger partial charge in [0.1, 0.15) is 11.6 Å². The van der Waals surface area contributed by atoms with Crippen molar-refractivity contribution in [1.82, 2.24) is 4.57 Å². The molecule has 4 rings (SSSR count). The Bertz CT molecular complexity index is 1260. The number of para-hydroxylation sites is 3. The van der Waals surface area contributed by atoms with Gasteiger partial charge >= 0.3 is 0 Å². The van der Waals surface area contributed by atoms with Crippen LogP contribution in [-0.4, -0.2) is 15.6 Å². The molecule has 28 heavy (non-hydrogen) atoms. The number of hydrogen-bond donors (Lipinski definition) is 2. The first kappa shape index (κ1) is 17.5. The number of fused-ring (bicyclic) bond motifs is 1. The average molecular weight is 374 g/mol.